The van der Waals surface area contributed by atoms with Gasteiger partial charge in [-0.2, -0.15) is 11.8 Å². The van der Waals surface area contributed by atoms with E-state index >= 15 is 0 Å². The van der Waals surface area contributed by atoms with Gasteiger partial charge in [0, 0.05) is 17.4 Å². The molecule has 0 aromatic heterocycles. The van der Waals surface area contributed by atoms with Crippen LogP contribution in [0.3, 0.4) is 0 Å². The number of carbonyl (C=O) groups excluding carboxylic acids is 1. The van der Waals surface area contributed by atoms with E-state index in [4.69, 9.17) is 5.11 Å². The molecule has 1 aromatic carbocycles. The van der Waals surface area contributed by atoms with Crippen LogP contribution < -0.4 is 5.32 Å². The number of amides is 1. The maximum absolute atomic E-state index is 11.8. The minimum Gasteiger partial charge on any atom is -0.481 e. The quantitative estimate of drug-likeness (QED) is 0.846. The lowest BCUT2D eigenvalue weighted by Gasteiger charge is -2.20. The standard InChI is InChI=1S/C15H21NO3S/c1-10(20-4)9-13(17)16-12-7-5-11(6-8-12)15(2,3)14(18)19/h5-8,10H,9H2,1-4H3,(H,16,17)(H,18,19). The third kappa shape index (κ3) is 4.27. The van der Waals surface area contributed by atoms with Gasteiger partial charge >= 0.3 is 5.97 Å². The first kappa shape index (κ1) is 16.6. The number of carboxylic acid groups (broad SMARTS) is 1. The molecule has 0 aliphatic heterocycles. The summed E-state index contributed by atoms with van der Waals surface area (Å²) >= 11 is 1.65. The number of hydrogen-bond acceptors (Lipinski definition) is 3. The highest BCUT2D eigenvalue weighted by molar-refractivity contribution is 7.99. The molecule has 0 saturated carbocycles. The van der Waals surface area contributed by atoms with E-state index in [1.54, 1.807) is 49.9 Å². The van der Waals surface area contributed by atoms with Crippen molar-refractivity contribution in [2.75, 3.05) is 11.6 Å². The molecule has 5 heteroatoms. The van der Waals surface area contributed by atoms with E-state index in [1.165, 1.54) is 0 Å². The number of thioether (sulfide) groups is 1. The molecule has 0 radical (unpaired) electrons. The number of carbonyl (C=O) groups is 2. The molecular weight excluding hydrogens is 274 g/mol. The Morgan fingerprint density at radius 1 is 1.30 bits per heavy atom. The van der Waals surface area contributed by atoms with Crippen LogP contribution in [0, 0.1) is 0 Å². The molecule has 1 rings (SSSR count). The minimum absolute atomic E-state index is 0.0305. The van der Waals surface area contributed by atoms with E-state index in [-0.39, 0.29) is 11.2 Å². The van der Waals surface area contributed by atoms with Crippen molar-refractivity contribution in [1.29, 1.82) is 0 Å². The zero-order valence-electron chi connectivity index (χ0n) is 12.3. The second kappa shape index (κ2) is 6.79. The van der Waals surface area contributed by atoms with Crippen LogP contribution in [-0.4, -0.2) is 28.5 Å². The van der Waals surface area contributed by atoms with Crippen LogP contribution in [0.5, 0.6) is 0 Å². The summed E-state index contributed by atoms with van der Waals surface area (Å²) in [5, 5.41) is 12.3. The monoisotopic (exact) mass is 295 g/mol. The van der Waals surface area contributed by atoms with Crippen LogP contribution in [0.1, 0.15) is 32.8 Å². The molecule has 110 valence electrons. The molecule has 0 saturated heterocycles. The number of anilines is 1. The summed E-state index contributed by atoms with van der Waals surface area (Å²) in [5.41, 5.74) is 0.462. The van der Waals surface area contributed by atoms with Crippen LogP contribution in [0.2, 0.25) is 0 Å². The maximum Gasteiger partial charge on any atom is 0.313 e. The number of rotatable bonds is 6. The van der Waals surface area contributed by atoms with Crippen LogP contribution in [-0.2, 0) is 15.0 Å². The van der Waals surface area contributed by atoms with Crippen LogP contribution >= 0.6 is 11.8 Å². The second-order valence-corrected chi connectivity index (χ2v) is 6.58. The maximum atomic E-state index is 11.8. The van der Waals surface area contributed by atoms with E-state index in [0.717, 1.165) is 0 Å². The molecule has 1 atom stereocenters. The van der Waals surface area contributed by atoms with Crippen molar-refractivity contribution < 1.29 is 14.7 Å². The van der Waals surface area contributed by atoms with E-state index in [2.05, 4.69) is 5.32 Å². The summed E-state index contributed by atoms with van der Waals surface area (Å²) in [5.74, 6) is -0.903. The summed E-state index contributed by atoms with van der Waals surface area (Å²) in [7, 11) is 0. The fourth-order valence-electron chi connectivity index (χ4n) is 1.65. The zero-order valence-corrected chi connectivity index (χ0v) is 13.1. The molecule has 2 N–H and O–H groups in total. The van der Waals surface area contributed by atoms with Crippen molar-refractivity contribution in [1.82, 2.24) is 0 Å². The Morgan fingerprint density at radius 3 is 2.30 bits per heavy atom. The first-order chi connectivity index (χ1) is 9.27. The topological polar surface area (TPSA) is 66.4 Å². The van der Waals surface area contributed by atoms with Gasteiger partial charge in [-0.1, -0.05) is 19.1 Å². The minimum atomic E-state index is -0.935. The molecule has 0 fully saturated rings. The van der Waals surface area contributed by atoms with Gasteiger partial charge in [0.15, 0.2) is 0 Å². The van der Waals surface area contributed by atoms with Gasteiger partial charge in [0.05, 0.1) is 5.41 Å². The van der Waals surface area contributed by atoms with Gasteiger partial charge in [-0.05, 0) is 37.8 Å². The summed E-state index contributed by atoms with van der Waals surface area (Å²) in [6.07, 6.45) is 2.43. The van der Waals surface area contributed by atoms with Crippen molar-refractivity contribution in [3.63, 3.8) is 0 Å². The zero-order chi connectivity index (χ0) is 15.3. The van der Waals surface area contributed by atoms with Gasteiger partial charge in [0.1, 0.15) is 0 Å². The molecule has 1 unspecified atom stereocenters. The van der Waals surface area contributed by atoms with Gasteiger partial charge in [-0.25, -0.2) is 0 Å². The summed E-state index contributed by atoms with van der Waals surface area (Å²) in [6.45, 7) is 5.31. The van der Waals surface area contributed by atoms with Crippen molar-refractivity contribution in [3.05, 3.63) is 29.8 Å². The molecule has 1 amide bonds. The van der Waals surface area contributed by atoms with Crippen LogP contribution in [0.15, 0.2) is 24.3 Å². The summed E-state index contributed by atoms with van der Waals surface area (Å²) in [4.78, 5) is 22.9. The molecule has 0 heterocycles. The third-order valence-electron chi connectivity index (χ3n) is 3.30. The predicted molar refractivity (Wildman–Crippen MR) is 83.3 cm³/mol. The van der Waals surface area contributed by atoms with E-state index in [9.17, 15) is 9.59 Å². The highest BCUT2D eigenvalue weighted by atomic mass is 32.2. The lowest BCUT2D eigenvalue weighted by atomic mass is 9.85. The first-order valence-corrected chi connectivity index (χ1v) is 7.72. The van der Waals surface area contributed by atoms with Crippen LogP contribution in [0.25, 0.3) is 0 Å². The molecule has 4 nitrogen and oxygen atoms in total. The number of nitrogens with one attached hydrogen (secondary N) is 1. The molecule has 0 bridgehead atoms. The Labute approximate surface area is 124 Å². The first-order valence-electron chi connectivity index (χ1n) is 6.44. The van der Waals surface area contributed by atoms with E-state index in [0.29, 0.717) is 17.7 Å². The van der Waals surface area contributed by atoms with Crippen molar-refractivity contribution in [3.8, 4) is 0 Å². The normalized spacial score (nSPS) is 12.8. The Morgan fingerprint density at radius 2 is 1.85 bits per heavy atom. The molecule has 20 heavy (non-hydrogen) atoms. The Hall–Kier alpha value is -1.49. The van der Waals surface area contributed by atoms with Crippen molar-refractivity contribution in [2.45, 2.75) is 37.9 Å². The highest BCUT2D eigenvalue weighted by Gasteiger charge is 2.29. The molecule has 0 aliphatic carbocycles. The third-order valence-corrected chi connectivity index (χ3v) is 4.27. The predicted octanol–water partition coefficient (Wildman–Crippen LogP) is 3.13. The lowest BCUT2D eigenvalue weighted by molar-refractivity contribution is -0.142. The molecule has 0 aliphatic rings. The van der Waals surface area contributed by atoms with Gasteiger partial charge in [-0.3, -0.25) is 9.59 Å². The lowest BCUT2D eigenvalue weighted by Crippen LogP contribution is -2.28. The Kier molecular flexibility index (Phi) is 5.62. The number of hydrogen-bond donors (Lipinski definition) is 2. The number of carboxylic acids is 1. The van der Waals surface area contributed by atoms with Gasteiger partial charge < -0.3 is 10.4 Å². The van der Waals surface area contributed by atoms with Gasteiger partial charge in [0.2, 0.25) is 5.91 Å². The fraction of sp³-hybridized carbons (Fsp3) is 0.467. The van der Waals surface area contributed by atoms with Crippen LogP contribution in [0.4, 0.5) is 5.69 Å². The SMILES string of the molecule is CSC(C)CC(=O)Nc1ccc(C(C)(C)C(=O)O)cc1. The van der Waals surface area contributed by atoms with Gasteiger partial charge in [-0.15, -0.1) is 0 Å². The number of benzene rings is 1. The molecule has 1 aromatic rings. The molecular formula is C15H21NO3S. The van der Waals surface area contributed by atoms with Crippen molar-refractivity contribution in [2.24, 2.45) is 0 Å². The van der Waals surface area contributed by atoms with Gasteiger partial charge in [0.25, 0.3) is 0 Å². The van der Waals surface area contributed by atoms with E-state index in [1.807, 2.05) is 13.2 Å². The smallest absolute Gasteiger partial charge is 0.313 e. The largest absolute Gasteiger partial charge is 0.481 e. The highest BCUT2D eigenvalue weighted by Crippen LogP contribution is 2.25. The van der Waals surface area contributed by atoms with E-state index < -0.39 is 11.4 Å². The Balaban J connectivity index is 2.73. The average molecular weight is 295 g/mol. The summed E-state index contributed by atoms with van der Waals surface area (Å²) < 4.78 is 0. The summed E-state index contributed by atoms with van der Waals surface area (Å²) in [6, 6.07) is 6.95. The fourth-order valence-corrected chi connectivity index (χ4v) is 1.97. The molecule has 0 spiro atoms. The number of aliphatic carboxylic acids is 1. The second-order valence-electron chi connectivity index (χ2n) is 5.31. The van der Waals surface area contributed by atoms with Crippen molar-refractivity contribution >= 4 is 29.3 Å². The average Bonchev–Trinajstić information content (AvgIpc) is 2.38. The Bertz CT molecular complexity index is 482.